The van der Waals surface area contributed by atoms with E-state index in [2.05, 4.69) is 5.32 Å². The first-order valence-electron chi connectivity index (χ1n) is 10.5. The van der Waals surface area contributed by atoms with E-state index in [1.54, 1.807) is 20.8 Å². The van der Waals surface area contributed by atoms with Gasteiger partial charge in [-0.3, -0.25) is 9.59 Å². The Hall–Kier alpha value is -3.04. The number of aliphatic hydroxyl groups is 1. The Labute approximate surface area is 196 Å². The smallest absolute Gasteiger partial charge is 0.327 e. The Kier molecular flexibility index (Phi) is 7.34. The highest BCUT2D eigenvalue weighted by molar-refractivity contribution is 8.00. The van der Waals surface area contributed by atoms with Crippen LogP contribution in [-0.4, -0.2) is 66.8 Å². The SMILES string of the molecule is Cc1c(O)cccc1C(=O)NC(Cc1ccccc1)[C@H](O)C(=O)N1CSC(C)(C)C1C(=O)O. The molecule has 0 aromatic heterocycles. The molecule has 0 spiro atoms. The van der Waals surface area contributed by atoms with Crippen LogP contribution in [0.15, 0.2) is 48.5 Å². The number of hydrogen-bond donors (Lipinski definition) is 4. The van der Waals surface area contributed by atoms with E-state index < -0.39 is 40.7 Å². The molecule has 2 aromatic carbocycles. The third kappa shape index (κ3) is 5.31. The number of phenolic OH excluding ortho intramolecular Hbond substituents is 1. The number of aromatic hydroxyl groups is 1. The van der Waals surface area contributed by atoms with Crippen LogP contribution in [0, 0.1) is 6.92 Å². The van der Waals surface area contributed by atoms with E-state index in [1.807, 2.05) is 30.3 Å². The van der Waals surface area contributed by atoms with Gasteiger partial charge in [-0.2, -0.15) is 0 Å². The standard InChI is InChI=1S/C24H28N2O6S/c1-14-16(10-7-11-18(14)27)21(29)25-17(12-15-8-5-4-6-9-15)19(28)22(30)26-13-33-24(2,3)20(26)23(31)32/h4-11,17,19-20,27-28H,12-13H2,1-3H3,(H,25,29)(H,31,32)/t17?,19-,20?/m0/s1. The Morgan fingerprint density at radius 2 is 1.82 bits per heavy atom. The van der Waals surface area contributed by atoms with E-state index in [4.69, 9.17) is 0 Å². The number of amides is 2. The van der Waals surface area contributed by atoms with Crippen molar-refractivity contribution in [2.45, 2.75) is 50.1 Å². The molecule has 176 valence electrons. The van der Waals surface area contributed by atoms with Crippen molar-refractivity contribution in [2.24, 2.45) is 0 Å². The van der Waals surface area contributed by atoms with Crippen LogP contribution in [0.1, 0.15) is 35.3 Å². The number of nitrogens with zero attached hydrogens (tertiary/aromatic N) is 1. The molecule has 1 saturated heterocycles. The van der Waals surface area contributed by atoms with E-state index in [0.717, 1.165) is 10.5 Å². The van der Waals surface area contributed by atoms with E-state index in [0.29, 0.717) is 5.56 Å². The van der Waals surface area contributed by atoms with Crippen LogP contribution >= 0.6 is 11.8 Å². The number of benzene rings is 2. The first kappa shape index (κ1) is 24.6. The Morgan fingerprint density at radius 1 is 1.15 bits per heavy atom. The molecule has 9 heteroatoms. The summed E-state index contributed by atoms with van der Waals surface area (Å²) >= 11 is 1.32. The summed E-state index contributed by atoms with van der Waals surface area (Å²) in [6.45, 7) is 5.08. The van der Waals surface area contributed by atoms with Crippen molar-refractivity contribution in [3.63, 3.8) is 0 Å². The fourth-order valence-corrected chi connectivity index (χ4v) is 5.09. The molecule has 4 N–H and O–H groups in total. The van der Waals surface area contributed by atoms with Crippen LogP contribution in [0.4, 0.5) is 0 Å². The summed E-state index contributed by atoms with van der Waals surface area (Å²) in [6.07, 6.45) is -1.51. The number of carboxylic acid groups (broad SMARTS) is 1. The maximum atomic E-state index is 13.2. The van der Waals surface area contributed by atoms with Gasteiger partial charge in [0.05, 0.1) is 11.9 Å². The van der Waals surface area contributed by atoms with Crippen molar-refractivity contribution in [3.8, 4) is 5.75 Å². The summed E-state index contributed by atoms with van der Waals surface area (Å²) in [5.41, 5.74) is 1.38. The monoisotopic (exact) mass is 472 g/mol. The minimum Gasteiger partial charge on any atom is -0.508 e. The summed E-state index contributed by atoms with van der Waals surface area (Å²) in [7, 11) is 0. The first-order chi connectivity index (χ1) is 15.5. The molecule has 1 fully saturated rings. The average Bonchev–Trinajstić information content (AvgIpc) is 3.10. The maximum Gasteiger partial charge on any atom is 0.327 e. The lowest BCUT2D eigenvalue weighted by atomic mass is 9.97. The number of rotatable bonds is 7. The molecule has 2 aromatic rings. The van der Waals surface area contributed by atoms with Crippen LogP contribution in [0.25, 0.3) is 0 Å². The zero-order valence-corrected chi connectivity index (χ0v) is 19.5. The van der Waals surface area contributed by atoms with Gasteiger partial charge in [0.2, 0.25) is 0 Å². The van der Waals surface area contributed by atoms with Gasteiger partial charge >= 0.3 is 5.97 Å². The molecule has 3 rings (SSSR count). The van der Waals surface area contributed by atoms with Crippen molar-refractivity contribution in [1.29, 1.82) is 0 Å². The number of aliphatic hydroxyl groups excluding tert-OH is 1. The number of carbonyl (C=O) groups excluding carboxylic acids is 2. The molecule has 1 aliphatic heterocycles. The zero-order valence-electron chi connectivity index (χ0n) is 18.7. The highest BCUT2D eigenvalue weighted by Gasteiger charge is 2.50. The summed E-state index contributed by atoms with van der Waals surface area (Å²) in [6, 6.07) is 11.5. The van der Waals surface area contributed by atoms with Crippen LogP contribution < -0.4 is 5.32 Å². The highest BCUT2D eigenvalue weighted by atomic mass is 32.2. The third-order valence-electron chi connectivity index (χ3n) is 5.86. The molecule has 0 bridgehead atoms. The Bertz CT molecular complexity index is 1040. The van der Waals surface area contributed by atoms with E-state index >= 15 is 0 Å². The number of phenols is 1. The van der Waals surface area contributed by atoms with Gasteiger partial charge in [-0.1, -0.05) is 36.4 Å². The van der Waals surface area contributed by atoms with Crippen molar-refractivity contribution < 1.29 is 29.7 Å². The predicted molar refractivity (Wildman–Crippen MR) is 125 cm³/mol. The Morgan fingerprint density at radius 3 is 2.45 bits per heavy atom. The fraction of sp³-hybridized carbons (Fsp3) is 0.375. The van der Waals surface area contributed by atoms with Gasteiger partial charge in [0.1, 0.15) is 11.8 Å². The average molecular weight is 473 g/mol. The molecule has 1 heterocycles. The van der Waals surface area contributed by atoms with E-state index in [-0.39, 0.29) is 23.6 Å². The largest absolute Gasteiger partial charge is 0.508 e. The van der Waals surface area contributed by atoms with Crippen LogP contribution in [0.5, 0.6) is 5.75 Å². The normalized spacial score (nSPS) is 19.0. The zero-order chi connectivity index (χ0) is 24.3. The van der Waals surface area contributed by atoms with Crippen molar-refractivity contribution in [1.82, 2.24) is 10.2 Å². The summed E-state index contributed by atoms with van der Waals surface area (Å²) < 4.78 is -0.724. The molecular weight excluding hydrogens is 444 g/mol. The molecular formula is C24H28N2O6S. The summed E-state index contributed by atoms with van der Waals surface area (Å²) in [5.74, 6) is -2.38. The van der Waals surface area contributed by atoms with Crippen molar-refractivity contribution >= 4 is 29.5 Å². The molecule has 0 saturated carbocycles. The molecule has 2 unspecified atom stereocenters. The number of nitrogens with one attached hydrogen (secondary N) is 1. The van der Waals surface area contributed by atoms with Gasteiger partial charge < -0.3 is 25.5 Å². The summed E-state index contributed by atoms with van der Waals surface area (Å²) in [4.78, 5) is 39.2. The Balaban J connectivity index is 1.88. The minimum absolute atomic E-state index is 0.0421. The molecule has 3 atom stereocenters. The number of aliphatic carboxylic acids is 1. The van der Waals surface area contributed by atoms with Gasteiger partial charge in [0, 0.05) is 15.9 Å². The highest BCUT2D eigenvalue weighted by Crippen LogP contribution is 2.39. The van der Waals surface area contributed by atoms with Crippen molar-refractivity contribution in [3.05, 3.63) is 65.2 Å². The maximum absolute atomic E-state index is 13.2. The number of carboxylic acids is 1. The fourth-order valence-electron chi connectivity index (χ4n) is 3.95. The molecule has 2 amide bonds. The number of carbonyl (C=O) groups is 3. The topological polar surface area (TPSA) is 127 Å². The van der Waals surface area contributed by atoms with Crippen LogP contribution in [-0.2, 0) is 16.0 Å². The second kappa shape index (κ2) is 9.84. The second-order valence-corrected chi connectivity index (χ2v) is 10.2. The number of hydrogen-bond acceptors (Lipinski definition) is 6. The van der Waals surface area contributed by atoms with Gasteiger partial charge in [-0.05, 0) is 44.9 Å². The second-order valence-electron chi connectivity index (χ2n) is 8.59. The summed E-state index contributed by atoms with van der Waals surface area (Å²) in [5, 5.41) is 33.4. The number of thioether (sulfide) groups is 1. The van der Waals surface area contributed by atoms with Gasteiger partial charge in [-0.25, -0.2) is 4.79 Å². The van der Waals surface area contributed by atoms with Crippen LogP contribution in [0.2, 0.25) is 0 Å². The molecule has 33 heavy (non-hydrogen) atoms. The van der Waals surface area contributed by atoms with Gasteiger partial charge in [0.25, 0.3) is 11.8 Å². The van der Waals surface area contributed by atoms with Gasteiger partial charge in [0.15, 0.2) is 6.10 Å². The lowest BCUT2D eigenvalue weighted by Gasteiger charge is -2.31. The van der Waals surface area contributed by atoms with Gasteiger partial charge in [-0.15, -0.1) is 11.8 Å². The van der Waals surface area contributed by atoms with E-state index in [1.165, 1.54) is 30.0 Å². The molecule has 0 radical (unpaired) electrons. The minimum atomic E-state index is -1.66. The first-order valence-corrected chi connectivity index (χ1v) is 11.5. The van der Waals surface area contributed by atoms with Crippen molar-refractivity contribution in [2.75, 3.05) is 5.88 Å². The lowest BCUT2D eigenvalue weighted by molar-refractivity contribution is -0.154. The third-order valence-corrected chi connectivity index (χ3v) is 7.24. The quantitative estimate of drug-likeness (QED) is 0.486. The molecule has 0 aliphatic carbocycles. The van der Waals surface area contributed by atoms with E-state index in [9.17, 15) is 29.7 Å². The molecule has 8 nitrogen and oxygen atoms in total. The lowest BCUT2D eigenvalue weighted by Crippen LogP contribution is -2.57. The molecule has 1 aliphatic rings. The van der Waals surface area contributed by atoms with Crippen LogP contribution in [0.3, 0.4) is 0 Å². The predicted octanol–water partition coefficient (Wildman–Crippen LogP) is 2.17.